The second-order valence-electron chi connectivity index (χ2n) is 10.1. The molecule has 6 rings (SSSR count). The molecule has 0 N–H and O–H groups in total. The normalized spacial score (nSPS) is 13.8. The van der Waals surface area contributed by atoms with E-state index in [0.29, 0.717) is 41.8 Å². The number of hydrogen-bond acceptors (Lipinski definition) is 4. The van der Waals surface area contributed by atoms with Gasteiger partial charge in [0, 0.05) is 60.9 Å². The molecule has 1 aliphatic heterocycles. The number of benzene rings is 2. The molecule has 0 radical (unpaired) electrons. The predicted molar refractivity (Wildman–Crippen MR) is 146 cm³/mol. The van der Waals surface area contributed by atoms with Crippen LogP contribution in [-0.2, 0) is 32.6 Å². The van der Waals surface area contributed by atoms with Crippen molar-refractivity contribution in [3.8, 4) is 11.1 Å². The van der Waals surface area contributed by atoms with Crippen molar-refractivity contribution in [1.29, 1.82) is 0 Å². The van der Waals surface area contributed by atoms with Crippen LogP contribution in [0.4, 0.5) is 18.9 Å². The minimum absolute atomic E-state index is 0.0305. The first kappa shape index (κ1) is 25.8. The zero-order chi connectivity index (χ0) is 28.2. The van der Waals surface area contributed by atoms with Gasteiger partial charge in [-0.3, -0.25) is 14.5 Å². The number of imidazole rings is 1. The van der Waals surface area contributed by atoms with Crippen LogP contribution < -0.4 is 4.90 Å². The average molecular weight is 545 g/mol. The maximum atomic E-state index is 14.1. The number of nitrogens with zero attached hydrogens (tertiary/aromatic N) is 6. The van der Waals surface area contributed by atoms with Gasteiger partial charge in [-0.05, 0) is 72.4 Å². The quantitative estimate of drug-likeness (QED) is 0.273. The Morgan fingerprint density at radius 1 is 1.07 bits per heavy atom. The van der Waals surface area contributed by atoms with Gasteiger partial charge in [-0.25, -0.2) is 4.98 Å². The zero-order valence-electron chi connectivity index (χ0n) is 22.3. The molecule has 0 saturated carbocycles. The van der Waals surface area contributed by atoms with Gasteiger partial charge in [0.1, 0.15) is 0 Å². The van der Waals surface area contributed by atoms with E-state index in [2.05, 4.69) is 23.1 Å². The van der Waals surface area contributed by atoms with Crippen molar-refractivity contribution < 1.29 is 18.0 Å². The first-order valence-corrected chi connectivity index (χ1v) is 13.1. The highest BCUT2D eigenvalue weighted by atomic mass is 19.4. The maximum Gasteiger partial charge on any atom is 0.435 e. The fourth-order valence-corrected chi connectivity index (χ4v) is 5.62. The molecule has 0 unspecified atom stereocenters. The number of pyridine rings is 1. The van der Waals surface area contributed by atoms with Gasteiger partial charge in [0.25, 0.3) is 5.91 Å². The number of fused-ring (bicyclic) bond motifs is 2. The van der Waals surface area contributed by atoms with Crippen molar-refractivity contribution in [1.82, 2.24) is 24.3 Å². The number of carbonyl (C=O) groups excluding carboxylic acids is 1. The van der Waals surface area contributed by atoms with Gasteiger partial charge in [0.2, 0.25) is 0 Å². The van der Waals surface area contributed by atoms with Crippen LogP contribution in [-0.4, -0.2) is 36.8 Å². The number of rotatable bonds is 5. The van der Waals surface area contributed by atoms with E-state index in [0.717, 1.165) is 34.3 Å². The fourth-order valence-electron chi connectivity index (χ4n) is 5.62. The summed E-state index contributed by atoms with van der Waals surface area (Å²) in [7, 11) is 1.47. The molecule has 0 saturated heterocycles. The van der Waals surface area contributed by atoms with Gasteiger partial charge in [-0.1, -0.05) is 13.0 Å². The van der Waals surface area contributed by atoms with Crippen molar-refractivity contribution in [2.45, 2.75) is 39.4 Å². The summed E-state index contributed by atoms with van der Waals surface area (Å²) < 4.78 is 45.0. The summed E-state index contributed by atoms with van der Waals surface area (Å²) in [5.74, 6) is -0.253. The van der Waals surface area contributed by atoms with E-state index in [1.807, 2.05) is 29.7 Å². The van der Waals surface area contributed by atoms with Crippen molar-refractivity contribution >= 4 is 22.5 Å². The van der Waals surface area contributed by atoms with Crippen LogP contribution in [0.25, 0.3) is 22.0 Å². The minimum Gasteiger partial charge on any atom is -0.333 e. The van der Waals surface area contributed by atoms with Gasteiger partial charge in [-0.2, -0.15) is 18.3 Å². The molecule has 3 aromatic heterocycles. The molecule has 1 amide bonds. The third-order valence-corrected chi connectivity index (χ3v) is 7.44. The van der Waals surface area contributed by atoms with Crippen LogP contribution in [0, 0.1) is 6.92 Å². The van der Waals surface area contributed by atoms with Gasteiger partial charge in [-0.15, -0.1) is 0 Å². The minimum atomic E-state index is -4.64. The Bertz CT molecular complexity index is 1750. The summed E-state index contributed by atoms with van der Waals surface area (Å²) in [5, 5.41) is 4.60. The van der Waals surface area contributed by atoms with E-state index < -0.39 is 11.9 Å². The van der Waals surface area contributed by atoms with Crippen LogP contribution in [0.2, 0.25) is 0 Å². The Kier molecular flexibility index (Phi) is 6.20. The van der Waals surface area contributed by atoms with Crippen LogP contribution >= 0.6 is 0 Å². The molecule has 0 atom stereocenters. The summed E-state index contributed by atoms with van der Waals surface area (Å²) in [6, 6.07) is 11.3. The molecule has 204 valence electrons. The molecule has 5 aromatic rings. The smallest absolute Gasteiger partial charge is 0.333 e. The maximum absolute atomic E-state index is 14.1. The third kappa shape index (κ3) is 4.43. The Labute approximate surface area is 228 Å². The molecule has 2 aromatic carbocycles. The van der Waals surface area contributed by atoms with E-state index in [9.17, 15) is 18.0 Å². The highest BCUT2D eigenvalue weighted by Gasteiger charge is 2.39. The molecule has 0 fully saturated rings. The molecule has 4 heterocycles. The van der Waals surface area contributed by atoms with Crippen LogP contribution in [0.5, 0.6) is 0 Å². The summed E-state index contributed by atoms with van der Waals surface area (Å²) in [4.78, 5) is 24.7. The molecule has 0 bridgehead atoms. The standard InChI is InChI=1S/C30H27F3N6O/c1-4-25-18(2)12-23-26(35-25)6-5-7-27(23)39-10-8-20-21(24-16-37(3)36-28(24)30(31,32)33)13-19(14-22(20)29(39)40)15-38-11-9-34-17-38/h5-7,9,11-14,16-17H,4,8,10,15H2,1-3H3. The molecule has 0 spiro atoms. The first-order valence-electron chi connectivity index (χ1n) is 13.1. The van der Waals surface area contributed by atoms with Gasteiger partial charge in [0.15, 0.2) is 5.69 Å². The summed E-state index contributed by atoms with van der Waals surface area (Å²) in [5.41, 5.74) is 4.67. The lowest BCUT2D eigenvalue weighted by Crippen LogP contribution is -2.38. The van der Waals surface area contributed by atoms with Crippen molar-refractivity contribution in [2.75, 3.05) is 11.4 Å². The number of amides is 1. The number of carbonyl (C=O) groups is 1. The van der Waals surface area contributed by atoms with Crippen LogP contribution in [0.15, 0.2) is 61.3 Å². The predicted octanol–water partition coefficient (Wildman–Crippen LogP) is 5.97. The number of anilines is 1. The number of aryl methyl sites for hydroxylation is 3. The Morgan fingerprint density at radius 2 is 1.88 bits per heavy atom. The summed E-state index contributed by atoms with van der Waals surface area (Å²) in [6.07, 6.45) is 2.97. The zero-order valence-corrected chi connectivity index (χ0v) is 22.3. The lowest BCUT2D eigenvalue weighted by Gasteiger charge is -2.31. The molecule has 7 nitrogen and oxygen atoms in total. The number of alkyl halides is 3. The van der Waals surface area contributed by atoms with E-state index in [4.69, 9.17) is 4.98 Å². The lowest BCUT2D eigenvalue weighted by atomic mass is 9.87. The van der Waals surface area contributed by atoms with Crippen LogP contribution in [0.1, 0.15) is 45.4 Å². The molecule has 40 heavy (non-hydrogen) atoms. The average Bonchev–Trinajstić information content (AvgIpc) is 3.58. The van der Waals surface area contributed by atoms with Gasteiger partial charge >= 0.3 is 6.18 Å². The highest BCUT2D eigenvalue weighted by molar-refractivity contribution is 6.13. The highest BCUT2D eigenvalue weighted by Crippen LogP contribution is 2.41. The molecular weight excluding hydrogens is 517 g/mol. The Morgan fingerprint density at radius 3 is 2.60 bits per heavy atom. The summed E-state index contributed by atoms with van der Waals surface area (Å²) in [6.45, 7) is 4.75. The topological polar surface area (TPSA) is 68.8 Å². The SMILES string of the molecule is CCc1nc2cccc(N3CCc4c(cc(Cn5ccnc5)cc4-c4cn(C)nc4C(F)(F)F)C3=O)c2cc1C. The van der Waals surface area contributed by atoms with E-state index in [1.165, 1.54) is 17.9 Å². The van der Waals surface area contributed by atoms with E-state index >= 15 is 0 Å². The molecule has 0 aliphatic carbocycles. The first-order chi connectivity index (χ1) is 19.1. The van der Waals surface area contributed by atoms with E-state index in [1.54, 1.807) is 35.8 Å². The second-order valence-corrected chi connectivity index (χ2v) is 10.1. The van der Waals surface area contributed by atoms with Crippen molar-refractivity contribution in [3.63, 3.8) is 0 Å². The Balaban J connectivity index is 1.51. The number of halogens is 3. The third-order valence-electron chi connectivity index (χ3n) is 7.44. The second kappa shape index (κ2) is 9.62. The fraction of sp³-hybridized carbons (Fsp3) is 0.267. The summed E-state index contributed by atoms with van der Waals surface area (Å²) >= 11 is 0. The van der Waals surface area contributed by atoms with E-state index in [-0.39, 0.29) is 11.5 Å². The monoisotopic (exact) mass is 544 g/mol. The van der Waals surface area contributed by atoms with Crippen molar-refractivity contribution in [3.05, 3.63) is 95.0 Å². The number of hydrogen-bond donors (Lipinski definition) is 0. The van der Waals surface area contributed by atoms with Gasteiger partial charge in [0.05, 0.1) is 17.5 Å². The largest absolute Gasteiger partial charge is 0.435 e. The lowest BCUT2D eigenvalue weighted by molar-refractivity contribution is -0.140. The molecule has 1 aliphatic rings. The van der Waals surface area contributed by atoms with Gasteiger partial charge < -0.3 is 9.47 Å². The molecular formula is C30H27F3N6O. The Hall–Kier alpha value is -4.47. The van der Waals surface area contributed by atoms with Crippen LogP contribution in [0.3, 0.4) is 0 Å². The number of aromatic nitrogens is 5. The molecule has 10 heteroatoms. The van der Waals surface area contributed by atoms with Crippen molar-refractivity contribution in [2.24, 2.45) is 7.05 Å².